The van der Waals surface area contributed by atoms with Crippen molar-refractivity contribution in [2.75, 3.05) is 30.3 Å². The molecule has 0 bridgehead atoms. The molecule has 44 heavy (non-hydrogen) atoms. The lowest BCUT2D eigenvalue weighted by atomic mass is 9.97. The third-order valence-electron chi connectivity index (χ3n) is 8.05. The van der Waals surface area contributed by atoms with E-state index in [0.29, 0.717) is 28.2 Å². The van der Waals surface area contributed by atoms with Crippen LogP contribution < -0.4 is 10.6 Å². The Labute approximate surface area is 258 Å². The van der Waals surface area contributed by atoms with E-state index in [9.17, 15) is 14.4 Å². The highest BCUT2D eigenvalue weighted by molar-refractivity contribution is 6.15. The maximum Gasteiger partial charge on any atom is 0.274 e. The van der Waals surface area contributed by atoms with Crippen molar-refractivity contribution < 1.29 is 14.4 Å². The van der Waals surface area contributed by atoms with Crippen molar-refractivity contribution in [1.82, 2.24) is 14.7 Å². The van der Waals surface area contributed by atoms with Gasteiger partial charge in [-0.15, -0.1) is 0 Å². The number of hydrogen-bond acceptors (Lipinski definition) is 6. The Bertz CT molecular complexity index is 1680. The fraction of sp³-hybridized carbons (Fsp3) is 0.286. The summed E-state index contributed by atoms with van der Waals surface area (Å²) in [5, 5.41) is 9.86. The summed E-state index contributed by atoms with van der Waals surface area (Å²) in [5.74, 6) is -1.25. The number of fused-ring (bicyclic) bond motifs is 1. The smallest absolute Gasteiger partial charge is 0.274 e. The first-order valence-corrected chi connectivity index (χ1v) is 15.0. The molecule has 0 saturated heterocycles. The predicted octanol–water partition coefficient (Wildman–Crippen LogP) is 5.92. The molecule has 3 aromatic carbocycles. The maximum atomic E-state index is 13.4. The first-order chi connectivity index (χ1) is 21.3. The Morgan fingerprint density at radius 1 is 1.05 bits per heavy atom. The molecule has 1 atom stereocenters. The van der Waals surface area contributed by atoms with Crippen LogP contribution in [0, 0.1) is 6.92 Å². The molecule has 0 spiro atoms. The average Bonchev–Trinajstić information content (AvgIpc) is 3.54. The summed E-state index contributed by atoms with van der Waals surface area (Å²) in [7, 11) is 1.71. The normalized spacial score (nSPS) is 14.2. The molecule has 5 rings (SSSR count). The lowest BCUT2D eigenvalue weighted by Crippen LogP contribution is -2.24. The topological polar surface area (TPSA) is 109 Å². The summed E-state index contributed by atoms with van der Waals surface area (Å²) >= 11 is 0. The maximum absolute atomic E-state index is 13.4. The molecule has 1 aromatic heterocycles. The van der Waals surface area contributed by atoms with Crippen LogP contribution in [-0.4, -0.2) is 58.1 Å². The lowest BCUT2D eigenvalue weighted by Gasteiger charge is -2.17. The molecule has 0 radical (unpaired) electrons. The Kier molecular flexibility index (Phi) is 9.45. The fourth-order valence-corrected chi connectivity index (χ4v) is 5.50. The molecule has 9 heteroatoms. The van der Waals surface area contributed by atoms with Crippen LogP contribution in [0.1, 0.15) is 69.3 Å². The highest BCUT2D eigenvalue weighted by Gasteiger charge is 2.30. The minimum absolute atomic E-state index is 0.184. The number of benzene rings is 3. The van der Waals surface area contributed by atoms with Crippen LogP contribution in [0.3, 0.4) is 0 Å². The number of amides is 2. The number of aryl methyl sites for hydroxylation is 3. The van der Waals surface area contributed by atoms with Crippen LogP contribution in [0.4, 0.5) is 17.1 Å². The SMILES string of the molecule is CCN(CC)CCCc1ccc(N=CC2C(=O)Nc3cc(C(=O)c4cccc(NC(=O)c5c(C)cnn5C)c4)ccc32)cc1. The van der Waals surface area contributed by atoms with E-state index in [4.69, 9.17) is 0 Å². The molecular weight excluding hydrogens is 552 g/mol. The van der Waals surface area contributed by atoms with Gasteiger partial charge in [-0.25, -0.2) is 0 Å². The molecule has 1 aliphatic heterocycles. The summed E-state index contributed by atoms with van der Waals surface area (Å²) in [5.41, 5.74) is 5.99. The number of nitrogens with zero attached hydrogens (tertiary/aromatic N) is 4. The second kappa shape index (κ2) is 13.6. The van der Waals surface area contributed by atoms with Gasteiger partial charge < -0.3 is 15.5 Å². The number of rotatable bonds is 12. The largest absolute Gasteiger partial charge is 0.325 e. The fourth-order valence-electron chi connectivity index (χ4n) is 5.50. The Morgan fingerprint density at radius 2 is 1.80 bits per heavy atom. The summed E-state index contributed by atoms with van der Waals surface area (Å²) in [6, 6.07) is 20.2. The number of ketones is 1. The molecule has 0 aliphatic carbocycles. The average molecular weight is 591 g/mol. The molecule has 226 valence electrons. The van der Waals surface area contributed by atoms with E-state index in [1.165, 1.54) is 10.2 Å². The molecule has 2 amide bonds. The first kappa shape index (κ1) is 30.6. The summed E-state index contributed by atoms with van der Waals surface area (Å²) in [6.45, 7) is 9.43. The van der Waals surface area contributed by atoms with E-state index in [0.717, 1.165) is 49.3 Å². The molecular formula is C35H38N6O3. The van der Waals surface area contributed by atoms with Gasteiger partial charge in [0, 0.05) is 35.8 Å². The van der Waals surface area contributed by atoms with Gasteiger partial charge >= 0.3 is 0 Å². The second-order valence-electron chi connectivity index (χ2n) is 11.0. The lowest BCUT2D eigenvalue weighted by molar-refractivity contribution is -0.115. The second-order valence-corrected chi connectivity index (χ2v) is 11.0. The van der Waals surface area contributed by atoms with Crippen molar-refractivity contribution in [3.8, 4) is 0 Å². The van der Waals surface area contributed by atoms with Crippen molar-refractivity contribution >= 4 is 40.9 Å². The van der Waals surface area contributed by atoms with Gasteiger partial charge in [0.2, 0.25) is 5.91 Å². The Balaban J connectivity index is 1.24. The van der Waals surface area contributed by atoms with Gasteiger partial charge in [-0.3, -0.25) is 24.1 Å². The van der Waals surface area contributed by atoms with E-state index >= 15 is 0 Å². The van der Waals surface area contributed by atoms with Crippen LogP contribution in [0.25, 0.3) is 0 Å². The number of carbonyl (C=O) groups excluding carboxylic acids is 3. The summed E-state index contributed by atoms with van der Waals surface area (Å²) in [6.07, 6.45) is 5.42. The minimum Gasteiger partial charge on any atom is -0.325 e. The molecule has 1 aliphatic rings. The highest BCUT2D eigenvalue weighted by atomic mass is 16.2. The summed E-state index contributed by atoms with van der Waals surface area (Å²) in [4.78, 5) is 46.0. The molecule has 2 heterocycles. The monoisotopic (exact) mass is 590 g/mol. The number of aromatic nitrogens is 2. The molecule has 2 N–H and O–H groups in total. The van der Waals surface area contributed by atoms with Crippen LogP contribution in [0.5, 0.6) is 0 Å². The molecule has 0 fully saturated rings. The number of anilines is 2. The Morgan fingerprint density at radius 3 is 2.50 bits per heavy atom. The number of aliphatic imine (C=N–C) groups is 1. The zero-order valence-corrected chi connectivity index (χ0v) is 25.6. The van der Waals surface area contributed by atoms with E-state index in [-0.39, 0.29) is 17.6 Å². The quantitative estimate of drug-likeness (QED) is 0.157. The third kappa shape index (κ3) is 6.84. The highest BCUT2D eigenvalue weighted by Crippen LogP contribution is 2.33. The molecule has 0 saturated carbocycles. The van der Waals surface area contributed by atoms with Crippen molar-refractivity contribution in [1.29, 1.82) is 0 Å². The standard InChI is InChI=1S/C35H38N6O3/c1-5-41(6-2)18-8-9-24-12-15-27(16-13-24)36-22-30-29-17-14-26(20-31(29)39-34(30)43)33(42)25-10-7-11-28(19-25)38-35(44)32-23(3)21-37-40(32)4/h7,10-17,19-22,30H,5-6,8-9,18H2,1-4H3,(H,38,44)(H,39,43). The number of hydrogen-bond donors (Lipinski definition) is 2. The van der Waals surface area contributed by atoms with E-state index in [1.807, 2.05) is 19.1 Å². The Hall–Kier alpha value is -4.89. The van der Waals surface area contributed by atoms with Gasteiger partial charge in [0.25, 0.3) is 5.91 Å². The number of carbonyl (C=O) groups is 3. The van der Waals surface area contributed by atoms with Crippen molar-refractivity contribution in [2.24, 2.45) is 12.0 Å². The third-order valence-corrected chi connectivity index (χ3v) is 8.05. The van der Waals surface area contributed by atoms with Gasteiger partial charge in [0.15, 0.2) is 5.78 Å². The van der Waals surface area contributed by atoms with Crippen molar-refractivity contribution in [2.45, 2.75) is 39.5 Å². The van der Waals surface area contributed by atoms with E-state index in [1.54, 1.807) is 61.9 Å². The van der Waals surface area contributed by atoms with E-state index in [2.05, 4.69) is 51.6 Å². The van der Waals surface area contributed by atoms with Gasteiger partial charge in [-0.1, -0.05) is 50.2 Å². The minimum atomic E-state index is -0.545. The number of nitrogens with one attached hydrogen (secondary N) is 2. The van der Waals surface area contributed by atoms with Crippen molar-refractivity contribution in [3.63, 3.8) is 0 Å². The summed E-state index contributed by atoms with van der Waals surface area (Å²) < 4.78 is 1.52. The van der Waals surface area contributed by atoms with Gasteiger partial charge in [-0.2, -0.15) is 5.10 Å². The van der Waals surface area contributed by atoms with Crippen molar-refractivity contribution in [3.05, 3.63) is 106 Å². The molecule has 4 aromatic rings. The zero-order chi connectivity index (χ0) is 31.2. The zero-order valence-electron chi connectivity index (χ0n) is 25.6. The van der Waals surface area contributed by atoms with Gasteiger partial charge in [0.05, 0.1) is 11.9 Å². The van der Waals surface area contributed by atoms with Gasteiger partial charge in [-0.05, 0) is 86.4 Å². The predicted molar refractivity (Wildman–Crippen MR) is 174 cm³/mol. The van der Waals surface area contributed by atoms with Crippen LogP contribution in [-0.2, 0) is 18.3 Å². The van der Waals surface area contributed by atoms with Crippen LogP contribution >= 0.6 is 0 Å². The van der Waals surface area contributed by atoms with Gasteiger partial charge in [0.1, 0.15) is 11.6 Å². The van der Waals surface area contributed by atoms with E-state index < -0.39 is 5.92 Å². The molecule has 9 nitrogen and oxygen atoms in total. The van der Waals surface area contributed by atoms with Crippen LogP contribution in [0.15, 0.2) is 77.9 Å². The van der Waals surface area contributed by atoms with Crippen LogP contribution in [0.2, 0.25) is 0 Å². The first-order valence-electron chi connectivity index (χ1n) is 15.0. The molecule has 1 unspecified atom stereocenters.